The van der Waals surface area contributed by atoms with Crippen molar-refractivity contribution in [1.82, 2.24) is 15.6 Å². The van der Waals surface area contributed by atoms with Gasteiger partial charge in [-0.3, -0.25) is 4.99 Å². The lowest BCUT2D eigenvalue weighted by Crippen LogP contribution is -2.39. The first-order valence-electron chi connectivity index (χ1n) is 10.4. The third-order valence-electron chi connectivity index (χ3n) is 5.11. The normalized spacial score (nSPS) is 13.1. The average Bonchev–Trinajstić information content (AvgIpc) is 3.07. The number of guanidine groups is 1. The fourth-order valence-corrected chi connectivity index (χ4v) is 4.19. The molecular weight excluding hydrogens is 384 g/mol. The number of aromatic nitrogens is 1. The number of aryl methyl sites for hydroxylation is 1. The molecule has 1 aromatic carbocycles. The molecule has 162 valence electrons. The fourth-order valence-electron chi connectivity index (χ4n) is 3.27. The lowest BCUT2D eigenvalue weighted by molar-refractivity contribution is 0.365. The summed E-state index contributed by atoms with van der Waals surface area (Å²) in [4.78, 5) is 8.11. The van der Waals surface area contributed by atoms with Gasteiger partial charge in [0.2, 0.25) is 0 Å². The quantitative estimate of drug-likeness (QED) is 0.407. The lowest BCUT2D eigenvalue weighted by Gasteiger charge is -2.22. The Bertz CT molecular complexity index is 929. The maximum absolute atomic E-state index is 11.4. The number of aliphatic imine (C=N–C) groups is 1. The molecule has 2 aromatic rings. The summed E-state index contributed by atoms with van der Waals surface area (Å²) >= 11 is 0. The Balaban J connectivity index is 1.96. The molecule has 0 bridgehead atoms. The van der Waals surface area contributed by atoms with Crippen LogP contribution in [-0.4, -0.2) is 51.0 Å². The van der Waals surface area contributed by atoms with E-state index in [0.29, 0.717) is 13.0 Å². The van der Waals surface area contributed by atoms with E-state index in [2.05, 4.69) is 65.8 Å². The fraction of sp³-hybridized carbons (Fsp3) is 0.591. The number of para-hydroxylation sites is 1. The number of H-pyrrole nitrogens is 1. The van der Waals surface area contributed by atoms with Crippen molar-refractivity contribution >= 4 is 26.7 Å². The van der Waals surface area contributed by atoms with E-state index in [1.54, 1.807) is 0 Å². The third-order valence-corrected chi connectivity index (χ3v) is 6.06. The molecule has 0 aliphatic rings. The summed E-state index contributed by atoms with van der Waals surface area (Å²) in [5, 5.41) is 7.97. The summed E-state index contributed by atoms with van der Waals surface area (Å²) in [5.74, 6) is 0.966. The van der Waals surface area contributed by atoms with Crippen LogP contribution < -0.4 is 10.6 Å². The zero-order valence-electron chi connectivity index (χ0n) is 18.4. The molecule has 0 spiro atoms. The predicted molar refractivity (Wildman–Crippen MR) is 123 cm³/mol. The number of nitrogens with one attached hydrogen (secondary N) is 3. The predicted octanol–water partition coefficient (Wildman–Crippen LogP) is 3.29. The maximum atomic E-state index is 11.4. The van der Waals surface area contributed by atoms with Crippen molar-refractivity contribution in [3.05, 3.63) is 35.5 Å². The van der Waals surface area contributed by atoms with Gasteiger partial charge < -0.3 is 15.6 Å². The van der Waals surface area contributed by atoms with Crippen molar-refractivity contribution in [2.45, 2.75) is 47.0 Å². The minimum atomic E-state index is -2.95. The van der Waals surface area contributed by atoms with Crippen LogP contribution in [0.25, 0.3) is 10.9 Å². The van der Waals surface area contributed by atoms with Crippen LogP contribution in [0, 0.1) is 5.41 Å². The summed E-state index contributed by atoms with van der Waals surface area (Å²) < 4.78 is 22.9. The highest BCUT2D eigenvalue weighted by Crippen LogP contribution is 2.23. The van der Waals surface area contributed by atoms with E-state index >= 15 is 0 Å². The van der Waals surface area contributed by atoms with Crippen LogP contribution >= 0.6 is 0 Å². The van der Waals surface area contributed by atoms with Crippen molar-refractivity contribution in [1.29, 1.82) is 0 Å². The Hall–Kier alpha value is -2.02. The van der Waals surface area contributed by atoms with Gasteiger partial charge in [-0.25, -0.2) is 8.42 Å². The SMILES string of the molecule is CCNC(=NCC(C)(C)CCS(C)(=O)=O)NCCc1c[nH]c2c(CC)cccc12. The van der Waals surface area contributed by atoms with Crippen LogP contribution in [0.3, 0.4) is 0 Å². The average molecular weight is 421 g/mol. The molecule has 0 fully saturated rings. The van der Waals surface area contributed by atoms with Crippen LogP contribution in [0.5, 0.6) is 0 Å². The van der Waals surface area contributed by atoms with Gasteiger partial charge in [0.1, 0.15) is 9.84 Å². The van der Waals surface area contributed by atoms with Gasteiger partial charge in [-0.1, -0.05) is 39.0 Å². The number of aromatic amines is 1. The standard InChI is InChI=1S/C22H36N4O2S/c1-6-17-9-8-10-19-18(15-25-20(17)19)11-13-24-21(23-7-2)26-16-22(3,4)12-14-29(5,27)28/h8-10,15,25H,6-7,11-14,16H2,1-5H3,(H2,23,24,26). The summed E-state index contributed by atoms with van der Waals surface area (Å²) in [6.07, 6.45) is 5.90. The molecule has 6 nitrogen and oxygen atoms in total. The Morgan fingerprint density at radius 3 is 2.59 bits per heavy atom. The topological polar surface area (TPSA) is 86.3 Å². The molecule has 2 rings (SSSR count). The number of benzene rings is 1. The van der Waals surface area contributed by atoms with E-state index in [4.69, 9.17) is 0 Å². The first-order chi connectivity index (χ1) is 13.6. The van der Waals surface area contributed by atoms with Crippen LogP contribution in [0.1, 0.15) is 45.2 Å². The van der Waals surface area contributed by atoms with E-state index in [0.717, 1.165) is 31.9 Å². The minimum Gasteiger partial charge on any atom is -0.361 e. The van der Waals surface area contributed by atoms with Crippen LogP contribution in [0.2, 0.25) is 0 Å². The third kappa shape index (κ3) is 7.38. The minimum absolute atomic E-state index is 0.168. The molecule has 0 saturated carbocycles. The molecule has 29 heavy (non-hydrogen) atoms. The number of hydrogen-bond acceptors (Lipinski definition) is 3. The van der Waals surface area contributed by atoms with E-state index in [9.17, 15) is 8.42 Å². The molecule has 0 aliphatic carbocycles. The maximum Gasteiger partial charge on any atom is 0.191 e. The van der Waals surface area contributed by atoms with Gasteiger partial charge in [-0.2, -0.15) is 0 Å². The number of rotatable bonds is 10. The summed E-state index contributed by atoms with van der Waals surface area (Å²) in [6, 6.07) is 6.46. The molecule has 0 unspecified atom stereocenters. The van der Waals surface area contributed by atoms with Crippen LogP contribution in [0.4, 0.5) is 0 Å². The van der Waals surface area contributed by atoms with E-state index in [1.807, 2.05) is 6.92 Å². The monoisotopic (exact) mass is 420 g/mol. The van der Waals surface area contributed by atoms with Crippen molar-refractivity contribution in [2.75, 3.05) is 31.6 Å². The lowest BCUT2D eigenvalue weighted by atomic mass is 9.90. The molecule has 0 radical (unpaired) electrons. The molecule has 0 aliphatic heterocycles. The number of fused-ring (bicyclic) bond motifs is 1. The Kier molecular flexibility index (Phi) is 8.14. The molecular formula is C22H36N4O2S. The Morgan fingerprint density at radius 2 is 1.93 bits per heavy atom. The summed E-state index contributed by atoms with van der Waals surface area (Å²) in [5.41, 5.74) is 3.71. The summed E-state index contributed by atoms with van der Waals surface area (Å²) in [6.45, 7) is 10.5. The molecule has 0 amide bonds. The molecule has 3 N–H and O–H groups in total. The van der Waals surface area contributed by atoms with E-state index in [1.165, 1.54) is 28.3 Å². The highest BCUT2D eigenvalue weighted by atomic mass is 32.2. The van der Waals surface area contributed by atoms with Crippen molar-refractivity contribution in [3.8, 4) is 0 Å². The second kappa shape index (κ2) is 10.1. The zero-order valence-corrected chi connectivity index (χ0v) is 19.2. The van der Waals surface area contributed by atoms with Gasteiger partial charge in [0.05, 0.1) is 5.75 Å². The molecule has 0 atom stereocenters. The first-order valence-corrected chi connectivity index (χ1v) is 12.5. The second-order valence-electron chi connectivity index (χ2n) is 8.42. The number of sulfone groups is 1. The van der Waals surface area contributed by atoms with Crippen molar-refractivity contribution in [2.24, 2.45) is 10.4 Å². The molecule has 1 heterocycles. The molecule has 0 saturated heterocycles. The van der Waals surface area contributed by atoms with Gasteiger partial charge in [0.25, 0.3) is 0 Å². The first kappa shape index (κ1) is 23.3. The summed E-state index contributed by atoms with van der Waals surface area (Å²) in [7, 11) is -2.95. The smallest absolute Gasteiger partial charge is 0.191 e. The number of hydrogen-bond donors (Lipinski definition) is 3. The molecule has 1 aromatic heterocycles. The van der Waals surface area contributed by atoms with Crippen LogP contribution in [0.15, 0.2) is 29.4 Å². The van der Waals surface area contributed by atoms with Gasteiger partial charge >= 0.3 is 0 Å². The zero-order chi connectivity index (χ0) is 21.5. The van der Waals surface area contributed by atoms with Gasteiger partial charge in [0, 0.05) is 43.0 Å². The van der Waals surface area contributed by atoms with Gasteiger partial charge in [-0.15, -0.1) is 0 Å². The van der Waals surface area contributed by atoms with Crippen molar-refractivity contribution < 1.29 is 8.42 Å². The largest absolute Gasteiger partial charge is 0.361 e. The van der Waals surface area contributed by atoms with Gasteiger partial charge in [0.15, 0.2) is 5.96 Å². The Morgan fingerprint density at radius 1 is 1.17 bits per heavy atom. The number of nitrogens with zero attached hydrogens (tertiary/aromatic N) is 1. The van der Waals surface area contributed by atoms with Crippen LogP contribution in [-0.2, 0) is 22.7 Å². The van der Waals surface area contributed by atoms with Gasteiger partial charge in [-0.05, 0) is 42.7 Å². The second-order valence-corrected chi connectivity index (χ2v) is 10.7. The van der Waals surface area contributed by atoms with Crippen molar-refractivity contribution in [3.63, 3.8) is 0 Å². The highest BCUT2D eigenvalue weighted by molar-refractivity contribution is 7.90. The molecule has 7 heteroatoms. The highest BCUT2D eigenvalue weighted by Gasteiger charge is 2.20. The van der Waals surface area contributed by atoms with E-state index < -0.39 is 9.84 Å². The Labute approximate surface area is 175 Å². The van der Waals surface area contributed by atoms with E-state index in [-0.39, 0.29) is 11.2 Å².